The van der Waals surface area contributed by atoms with Crippen molar-refractivity contribution in [2.45, 2.75) is 58.0 Å². The van der Waals surface area contributed by atoms with Gasteiger partial charge in [-0.25, -0.2) is 9.97 Å². The molecule has 0 aliphatic heterocycles. The number of aromatic nitrogens is 3. The second-order valence-corrected chi connectivity index (χ2v) is 6.53. The predicted molar refractivity (Wildman–Crippen MR) is 83.3 cm³/mol. The molecule has 1 saturated carbocycles. The zero-order valence-electron chi connectivity index (χ0n) is 12.0. The third kappa shape index (κ3) is 3.39. The van der Waals surface area contributed by atoms with Gasteiger partial charge in [-0.05, 0) is 19.8 Å². The molecule has 0 atom stereocenters. The Bertz CT molecular complexity index is 526. The highest BCUT2D eigenvalue weighted by Gasteiger charge is 2.16. The molecule has 0 unspecified atom stereocenters. The van der Waals surface area contributed by atoms with Crippen LogP contribution in [0, 0.1) is 6.92 Å². The quantitative estimate of drug-likeness (QED) is 0.914. The van der Waals surface area contributed by atoms with Gasteiger partial charge in [-0.15, -0.1) is 11.3 Å². The highest BCUT2D eigenvalue weighted by molar-refractivity contribution is 7.09. The highest BCUT2D eigenvalue weighted by Crippen LogP contribution is 2.21. The molecule has 0 radical (unpaired) electrons. The van der Waals surface area contributed by atoms with Gasteiger partial charge in [0, 0.05) is 36.8 Å². The standard InChI is InChI=1S/C15H22N4S/c1-12-11-19(9-7-14-16-8-10-20-14)15(17-12)18-13-5-3-2-4-6-13/h8,10-11,13H,2-7,9H2,1H3,(H,17,18). The molecule has 0 amide bonds. The van der Waals surface area contributed by atoms with Gasteiger partial charge in [-0.3, -0.25) is 0 Å². The zero-order chi connectivity index (χ0) is 13.8. The average molecular weight is 290 g/mol. The predicted octanol–water partition coefficient (Wildman–Crippen LogP) is 3.64. The fourth-order valence-electron chi connectivity index (χ4n) is 2.85. The van der Waals surface area contributed by atoms with Crippen LogP contribution in [0.5, 0.6) is 0 Å². The second kappa shape index (κ2) is 6.39. The van der Waals surface area contributed by atoms with Gasteiger partial charge in [0.2, 0.25) is 5.95 Å². The third-order valence-electron chi connectivity index (χ3n) is 3.89. The molecule has 1 aliphatic rings. The first-order valence-corrected chi connectivity index (χ1v) is 8.38. The van der Waals surface area contributed by atoms with E-state index < -0.39 is 0 Å². The molecule has 2 aromatic heterocycles. The maximum absolute atomic E-state index is 4.64. The van der Waals surface area contributed by atoms with Gasteiger partial charge >= 0.3 is 0 Å². The fraction of sp³-hybridized carbons (Fsp3) is 0.600. The van der Waals surface area contributed by atoms with Crippen LogP contribution in [0.1, 0.15) is 42.8 Å². The van der Waals surface area contributed by atoms with Crippen LogP contribution in [-0.4, -0.2) is 20.6 Å². The fourth-order valence-corrected chi connectivity index (χ4v) is 3.46. The number of hydrogen-bond donors (Lipinski definition) is 1. The Balaban J connectivity index is 1.64. The van der Waals surface area contributed by atoms with Gasteiger partial charge in [0.25, 0.3) is 0 Å². The minimum absolute atomic E-state index is 0.601. The lowest BCUT2D eigenvalue weighted by molar-refractivity contribution is 0.459. The van der Waals surface area contributed by atoms with Crippen LogP contribution in [-0.2, 0) is 13.0 Å². The Morgan fingerprint density at radius 3 is 2.95 bits per heavy atom. The van der Waals surface area contributed by atoms with Crippen LogP contribution in [0.4, 0.5) is 5.95 Å². The molecule has 20 heavy (non-hydrogen) atoms. The van der Waals surface area contributed by atoms with Crippen molar-refractivity contribution >= 4 is 17.3 Å². The van der Waals surface area contributed by atoms with Gasteiger partial charge in [-0.1, -0.05) is 19.3 Å². The topological polar surface area (TPSA) is 42.7 Å². The molecular weight excluding hydrogens is 268 g/mol. The number of nitrogens with one attached hydrogen (secondary N) is 1. The van der Waals surface area contributed by atoms with E-state index in [0.717, 1.165) is 24.6 Å². The lowest BCUT2D eigenvalue weighted by Gasteiger charge is -2.23. The van der Waals surface area contributed by atoms with E-state index in [2.05, 4.69) is 33.0 Å². The molecule has 3 rings (SSSR count). The highest BCUT2D eigenvalue weighted by atomic mass is 32.1. The van der Waals surface area contributed by atoms with E-state index in [-0.39, 0.29) is 0 Å². The molecule has 0 spiro atoms. The SMILES string of the molecule is Cc1cn(CCc2nccs2)c(NC2CCCCC2)n1. The normalized spacial score (nSPS) is 16.4. The Kier molecular flexibility index (Phi) is 4.35. The summed E-state index contributed by atoms with van der Waals surface area (Å²) in [5.74, 6) is 1.03. The maximum Gasteiger partial charge on any atom is 0.203 e. The molecule has 0 saturated heterocycles. The summed E-state index contributed by atoms with van der Waals surface area (Å²) in [6.07, 6.45) is 11.6. The summed E-state index contributed by atoms with van der Waals surface area (Å²) in [5.41, 5.74) is 1.09. The van der Waals surface area contributed by atoms with Crippen molar-refractivity contribution in [2.24, 2.45) is 0 Å². The van der Waals surface area contributed by atoms with E-state index in [1.165, 1.54) is 37.1 Å². The molecule has 0 aromatic carbocycles. The summed E-state index contributed by atoms with van der Waals surface area (Å²) < 4.78 is 2.24. The van der Waals surface area contributed by atoms with E-state index in [4.69, 9.17) is 0 Å². The number of aryl methyl sites for hydroxylation is 3. The molecular formula is C15H22N4S. The van der Waals surface area contributed by atoms with Crippen molar-refractivity contribution < 1.29 is 0 Å². The number of anilines is 1. The average Bonchev–Trinajstić information content (AvgIpc) is 3.07. The monoisotopic (exact) mass is 290 g/mol. The van der Waals surface area contributed by atoms with Gasteiger partial charge in [0.15, 0.2) is 0 Å². The molecule has 1 N–H and O–H groups in total. The lowest BCUT2D eigenvalue weighted by atomic mass is 9.96. The van der Waals surface area contributed by atoms with Gasteiger partial charge in [-0.2, -0.15) is 0 Å². The van der Waals surface area contributed by atoms with E-state index in [1.54, 1.807) is 11.3 Å². The molecule has 2 aromatic rings. The smallest absolute Gasteiger partial charge is 0.203 e. The summed E-state index contributed by atoms with van der Waals surface area (Å²) in [6.45, 7) is 3.01. The first-order chi connectivity index (χ1) is 9.81. The van der Waals surface area contributed by atoms with E-state index >= 15 is 0 Å². The largest absolute Gasteiger partial charge is 0.353 e. The number of imidazole rings is 1. The summed E-state index contributed by atoms with van der Waals surface area (Å²) in [6, 6.07) is 0.601. The summed E-state index contributed by atoms with van der Waals surface area (Å²) in [5, 5.41) is 6.87. The Morgan fingerprint density at radius 1 is 1.35 bits per heavy atom. The van der Waals surface area contributed by atoms with Crippen LogP contribution in [0.25, 0.3) is 0 Å². The van der Waals surface area contributed by atoms with E-state index in [0.29, 0.717) is 6.04 Å². The van der Waals surface area contributed by atoms with Crippen molar-refractivity contribution in [2.75, 3.05) is 5.32 Å². The number of hydrogen-bond acceptors (Lipinski definition) is 4. The minimum Gasteiger partial charge on any atom is -0.353 e. The summed E-state index contributed by atoms with van der Waals surface area (Å²) >= 11 is 1.73. The second-order valence-electron chi connectivity index (χ2n) is 5.55. The summed E-state index contributed by atoms with van der Waals surface area (Å²) in [4.78, 5) is 8.99. The van der Waals surface area contributed by atoms with Gasteiger partial charge < -0.3 is 9.88 Å². The van der Waals surface area contributed by atoms with Crippen LogP contribution < -0.4 is 5.32 Å². The van der Waals surface area contributed by atoms with Crippen molar-refractivity contribution in [3.63, 3.8) is 0 Å². The molecule has 1 aliphatic carbocycles. The molecule has 4 nitrogen and oxygen atoms in total. The van der Waals surface area contributed by atoms with Gasteiger partial charge in [0.05, 0.1) is 10.7 Å². The van der Waals surface area contributed by atoms with Crippen LogP contribution in [0.2, 0.25) is 0 Å². The molecule has 2 heterocycles. The Labute approximate surface area is 124 Å². The maximum atomic E-state index is 4.64. The Hall–Kier alpha value is -1.36. The molecule has 0 bridgehead atoms. The van der Waals surface area contributed by atoms with Crippen molar-refractivity contribution in [1.29, 1.82) is 0 Å². The van der Waals surface area contributed by atoms with Crippen molar-refractivity contribution in [3.8, 4) is 0 Å². The number of thiazole rings is 1. The minimum atomic E-state index is 0.601. The first kappa shape index (κ1) is 13.6. The van der Waals surface area contributed by atoms with Crippen molar-refractivity contribution in [1.82, 2.24) is 14.5 Å². The molecule has 108 valence electrons. The summed E-state index contributed by atoms with van der Waals surface area (Å²) in [7, 11) is 0. The van der Waals surface area contributed by atoms with E-state index in [1.807, 2.05) is 11.6 Å². The first-order valence-electron chi connectivity index (χ1n) is 7.50. The van der Waals surface area contributed by atoms with Crippen LogP contribution >= 0.6 is 11.3 Å². The van der Waals surface area contributed by atoms with Crippen molar-refractivity contribution in [3.05, 3.63) is 28.5 Å². The zero-order valence-corrected chi connectivity index (χ0v) is 12.8. The third-order valence-corrected chi connectivity index (χ3v) is 4.72. The Morgan fingerprint density at radius 2 is 2.20 bits per heavy atom. The molecule has 1 fully saturated rings. The lowest BCUT2D eigenvalue weighted by Crippen LogP contribution is -2.24. The van der Waals surface area contributed by atoms with Gasteiger partial charge in [0.1, 0.15) is 0 Å². The number of rotatable bonds is 5. The molecule has 5 heteroatoms. The van der Waals surface area contributed by atoms with Crippen LogP contribution in [0.3, 0.4) is 0 Å². The van der Waals surface area contributed by atoms with Crippen LogP contribution in [0.15, 0.2) is 17.8 Å². The van der Waals surface area contributed by atoms with E-state index in [9.17, 15) is 0 Å². The number of nitrogens with zero attached hydrogens (tertiary/aromatic N) is 3.